The van der Waals surface area contributed by atoms with Crippen LogP contribution >= 0.6 is 0 Å². The molecule has 0 saturated heterocycles. The highest BCUT2D eigenvalue weighted by Gasteiger charge is 2.19. The first-order chi connectivity index (χ1) is 16.9. The van der Waals surface area contributed by atoms with Gasteiger partial charge in [-0.05, 0) is 86.3 Å². The number of rotatable bonds is 10. The quantitative estimate of drug-likeness (QED) is 0.399. The van der Waals surface area contributed by atoms with Crippen LogP contribution in [0, 0.1) is 20.8 Å². The number of nitrogens with one attached hydrogen (secondary N) is 2. The lowest BCUT2D eigenvalue weighted by molar-refractivity contribution is -0.116. The molecule has 0 bridgehead atoms. The molecule has 3 rings (SSSR count). The summed E-state index contributed by atoms with van der Waals surface area (Å²) in [7, 11) is -7.29. The predicted molar refractivity (Wildman–Crippen MR) is 144 cm³/mol. The van der Waals surface area contributed by atoms with Crippen molar-refractivity contribution in [3.8, 4) is 0 Å². The number of sulfonamides is 2. The summed E-state index contributed by atoms with van der Waals surface area (Å²) in [5, 5.41) is 2.73. The number of para-hydroxylation sites is 1. The monoisotopic (exact) mass is 529 g/mol. The molecule has 3 aromatic rings. The molecule has 0 unspecified atom stereocenters. The fourth-order valence-electron chi connectivity index (χ4n) is 3.58. The predicted octanol–water partition coefficient (Wildman–Crippen LogP) is 4.60. The molecule has 0 aliphatic heterocycles. The van der Waals surface area contributed by atoms with E-state index in [1.54, 1.807) is 18.2 Å². The van der Waals surface area contributed by atoms with Gasteiger partial charge in [0.1, 0.15) is 0 Å². The van der Waals surface area contributed by atoms with Gasteiger partial charge in [0.05, 0.1) is 22.5 Å². The first-order valence-corrected chi connectivity index (χ1v) is 14.7. The number of hydrogen-bond acceptors (Lipinski definition) is 5. The summed E-state index contributed by atoms with van der Waals surface area (Å²) in [5.41, 5.74) is 4.37. The van der Waals surface area contributed by atoms with Crippen molar-refractivity contribution in [2.75, 3.05) is 27.1 Å². The number of nitrogens with zero attached hydrogens (tertiary/aromatic N) is 1. The van der Waals surface area contributed by atoms with E-state index >= 15 is 0 Å². The molecule has 0 aromatic heterocycles. The molecule has 36 heavy (non-hydrogen) atoms. The van der Waals surface area contributed by atoms with Gasteiger partial charge in [0.15, 0.2) is 0 Å². The lowest BCUT2D eigenvalue weighted by Crippen LogP contribution is -2.31. The molecule has 0 atom stereocenters. The van der Waals surface area contributed by atoms with E-state index in [0.717, 1.165) is 22.9 Å². The first kappa shape index (κ1) is 27.2. The molecule has 0 fully saturated rings. The van der Waals surface area contributed by atoms with Crippen molar-refractivity contribution < 1.29 is 21.6 Å². The van der Waals surface area contributed by atoms with Gasteiger partial charge in [-0.15, -0.1) is 0 Å². The number of anilines is 3. The van der Waals surface area contributed by atoms with E-state index in [1.165, 1.54) is 28.6 Å². The van der Waals surface area contributed by atoms with Gasteiger partial charge in [-0.25, -0.2) is 16.8 Å². The van der Waals surface area contributed by atoms with Crippen LogP contribution in [0.4, 0.5) is 17.1 Å². The van der Waals surface area contributed by atoms with E-state index in [4.69, 9.17) is 0 Å². The minimum absolute atomic E-state index is 0.0703. The van der Waals surface area contributed by atoms with E-state index < -0.39 is 20.0 Å². The van der Waals surface area contributed by atoms with Gasteiger partial charge in [-0.2, -0.15) is 0 Å². The summed E-state index contributed by atoms with van der Waals surface area (Å²) in [5.74, 6) is -0.294. The normalized spacial score (nSPS) is 11.7. The fraction of sp³-hybridized carbons (Fsp3) is 0.269. The molecule has 0 saturated carbocycles. The Morgan fingerprint density at radius 1 is 0.833 bits per heavy atom. The summed E-state index contributed by atoms with van der Waals surface area (Å²) >= 11 is 0. The Kier molecular flexibility index (Phi) is 8.42. The van der Waals surface area contributed by atoms with Gasteiger partial charge in [0.25, 0.3) is 10.0 Å². The van der Waals surface area contributed by atoms with E-state index in [9.17, 15) is 21.6 Å². The lowest BCUT2D eigenvalue weighted by atomic mass is 10.1. The molecule has 2 N–H and O–H groups in total. The van der Waals surface area contributed by atoms with Crippen LogP contribution < -0.4 is 14.3 Å². The van der Waals surface area contributed by atoms with Crippen molar-refractivity contribution in [3.63, 3.8) is 0 Å². The second-order valence-corrected chi connectivity index (χ2v) is 12.3. The van der Waals surface area contributed by atoms with Crippen LogP contribution in [0.2, 0.25) is 0 Å². The molecule has 0 heterocycles. The molecule has 0 radical (unpaired) electrons. The number of benzene rings is 3. The number of carbonyl (C=O) groups excluding carboxylic acids is 1. The van der Waals surface area contributed by atoms with Crippen LogP contribution in [-0.4, -0.2) is 35.5 Å². The highest BCUT2D eigenvalue weighted by Crippen LogP contribution is 2.23. The van der Waals surface area contributed by atoms with Gasteiger partial charge in [-0.3, -0.25) is 13.8 Å². The van der Waals surface area contributed by atoms with Crippen molar-refractivity contribution >= 4 is 43.0 Å². The highest BCUT2D eigenvalue weighted by atomic mass is 32.2. The molecule has 10 heteroatoms. The van der Waals surface area contributed by atoms with Crippen molar-refractivity contribution in [2.45, 2.75) is 38.5 Å². The second kappa shape index (κ2) is 11.1. The van der Waals surface area contributed by atoms with Crippen molar-refractivity contribution in [1.82, 2.24) is 0 Å². The van der Waals surface area contributed by atoms with Crippen LogP contribution in [0.5, 0.6) is 0 Å². The third-order valence-electron chi connectivity index (χ3n) is 5.78. The molecular formula is C26H31N3O5S2. The van der Waals surface area contributed by atoms with Gasteiger partial charge < -0.3 is 5.32 Å². The Morgan fingerprint density at radius 3 is 2.11 bits per heavy atom. The highest BCUT2D eigenvalue weighted by molar-refractivity contribution is 7.92. The van der Waals surface area contributed by atoms with Crippen molar-refractivity contribution in [3.05, 3.63) is 83.4 Å². The SMILES string of the molecule is Cc1ccc(N(CCCC(=O)Nc2ccc(S(=O)(=O)Nc3ccccc3C)cc2)S(C)(=O)=O)cc1C. The smallest absolute Gasteiger partial charge is 0.261 e. The number of hydrogen-bond donors (Lipinski definition) is 2. The second-order valence-electron chi connectivity index (χ2n) is 8.70. The fourth-order valence-corrected chi connectivity index (χ4v) is 5.67. The first-order valence-electron chi connectivity index (χ1n) is 11.4. The Bertz CT molecular complexity index is 1450. The maximum atomic E-state index is 12.7. The van der Waals surface area contributed by atoms with E-state index in [-0.39, 0.29) is 23.8 Å². The molecule has 0 aliphatic carbocycles. The largest absolute Gasteiger partial charge is 0.326 e. The maximum Gasteiger partial charge on any atom is 0.261 e. The van der Waals surface area contributed by atoms with Gasteiger partial charge >= 0.3 is 0 Å². The molecule has 0 aliphatic rings. The summed E-state index contributed by atoms with van der Waals surface area (Å²) in [4.78, 5) is 12.5. The third kappa shape index (κ3) is 7.08. The average molecular weight is 530 g/mol. The zero-order valence-electron chi connectivity index (χ0n) is 20.8. The van der Waals surface area contributed by atoms with Gasteiger partial charge in [0, 0.05) is 18.7 Å². The number of amides is 1. The van der Waals surface area contributed by atoms with Crippen LogP contribution in [0.25, 0.3) is 0 Å². The van der Waals surface area contributed by atoms with Gasteiger partial charge in [0.2, 0.25) is 15.9 Å². The lowest BCUT2D eigenvalue weighted by Gasteiger charge is -2.23. The van der Waals surface area contributed by atoms with Gasteiger partial charge in [-0.1, -0.05) is 24.3 Å². The molecule has 1 amide bonds. The summed E-state index contributed by atoms with van der Waals surface area (Å²) in [6.45, 7) is 5.85. The Labute approximate surface area is 213 Å². The van der Waals surface area contributed by atoms with Crippen molar-refractivity contribution in [2.24, 2.45) is 0 Å². The molecule has 192 valence electrons. The maximum absolute atomic E-state index is 12.7. The number of carbonyl (C=O) groups is 1. The summed E-state index contributed by atoms with van der Waals surface area (Å²) < 4.78 is 53.8. The van der Waals surface area contributed by atoms with E-state index in [0.29, 0.717) is 23.5 Å². The Hall–Kier alpha value is -3.37. The number of aryl methyl sites for hydroxylation is 3. The van der Waals surface area contributed by atoms with Crippen LogP contribution in [0.15, 0.2) is 71.6 Å². The van der Waals surface area contributed by atoms with Crippen molar-refractivity contribution in [1.29, 1.82) is 0 Å². The zero-order valence-corrected chi connectivity index (χ0v) is 22.4. The average Bonchev–Trinajstić information content (AvgIpc) is 2.80. The third-order valence-corrected chi connectivity index (χ3v) is 8.36. The van der Waals surface area contributed by atoms with Crippen LogP contribution in [-0.2, 0) is 24.8 Å². The molecular weight excluding hydrogens is 498 g/mol. The molecule has 3 aromatic carbocycles. The topological polar surface area (TPSA) is 113 Å². The minimum atomic E-state index is -3.78. The van der Waals surface area contributed by atoms with E-state index in [2.05, 4.69) is 10.0 Å². The van der Waals surface area contributed by atoms with Crippen LogP contribution in [0.3, 0.4) is 0 Å². The summed E-state index contributed by atoms with van der Waals surface area (Å²) in [6, 6.07) is 18.4. The zero-order chi connectivity index (χ0) is 26.5. The standard InChI is InChI=1S/C26H31N3O5S2/c1-19-11-14-23(18-21(19)3)29(35(4,31)32)17-7-10-26(30)27-22-12-15-24(16-13-22)36(33,34)28-25-9-6-5-8-20(25)2/h5-6,8-9,11-16,18,28H,7,10,17H2,1-4H3,(H,27,30). The Morgan fingerprint density at radius 2 is 1.50 bits per heavy atom. The molecule has 0 spiro atoms. The van der Waals surface area contributed by atoms with E-state index in [1.807, 2.05) is 45.0 Å². The summed E-state index contributed by atoms with van der Waals surface area (Å²) in [6.07, 6.45) is 1.57. The minimum Gasteiger partial charge on any atom is -0.326 e. The Balaban J connectivity index is 1.59. The van der Waals surface area contributed by atoms with Crippen LogP contribution in [0.1, 0.15) is 29.5 Å². The molecule has 8 nitrogen and oxygen atoms in total.